The number of aliphatic carboxylic acids is 1. The number of hydrogen-bond donors (Lipinski definition) is 2. The first-order chi connectivity index (χ1) is 8.66. The van der Waals surface area contributed by atoms with Crippen LogP contribution < -0.4 is 0 Å². The number of carbonyl (C=O) groups is 1. The predicted molar refractivity (Wildman–Crippen MR) is 74.6 cm³/mol. The maximum atomic E-state index is 10.3. The van der Waals surface area contributed by atoms with E-state index in [-0.39, 0.29) is 6.10 Å². The molecule has 0 saturated heterocycles. The monoisotopic (exact) mass is 256 g/mol. The molecule has 0 aromatic heterocycles. The molecule has 3 heteroatoms. The van der Waals surface area contributed by atoms with E-state index in [0.717, 1.165) is 57.8 Å². The maximum absolute atomic E-state index is 10.3. The van der Waals surface area contributed by atoms with Gasteiger partial charge < -0.3 is 10.2 Å². The van der Waals surface area contributed by atoms with E-state index in [4.69, 9.17) is 5.11 Å². The third kappa shape index (κ3) is 13.2. The second-order valence-corrected chi connectivity index (χ2v) is 4.82. The number of carboxylic acid groups (broad SMARTS) is 1. The molecule has 0 aliphatic heterocycles. The Morgan fingerprint density at radius 1 is 1.06 bits per heavy atom. The van der Waals surface area contributed by atoms with Crippen LogP contribution in [0.5, 0.6) is 0 Å². The van der Waals surface area contributed by atoms with Crippen LogP contribution in [-0.4, -0.2) is 22.3 Å². The molecule has 0 aliphatic carbocycles. The third-order valence-electron chi connectivity index (χ3n) is 2.99. The molecule has 0 aliphatic rings. The van der Waals surface area contributed by atoms with Gasteiger partial charge in [-0.2, -0.15) is 0 Å². The molecule has 0 spiro atoms. The quantitative estimate of drug-likeness (QED) is 0.411. The highest BCUT2D eigenvalue weighted by molar-refractivity contribution is 5.66. The normalized spacial score (nSPS) is 13.0. The highest BCUT2D eigenvalue weighted by atomic mass is 16.4. The molecule has 0 saturated carbocycles. The van der Waals surface area contributed by atoms with Gasteiger partial charge >= 0.3 is 5.97 Å². The van der Waals surface area contributed by atoms with Crippen molar-refractivity contribution in [1.82, 2.24) is 0 Å². The van der Waals surface area contributed by atoms with Crippen LogP contribution in [0.3, 0.4) is 0 Å². The molecule has 18 heavy (non-hydrogen) atoms. The van der Waals surface area contributed by atoms with Gasteiger partial charge in [-0.05, 0) is 25.7 Å². The van der Waals surface area contributed by atoms with E-state index < -0.39 is 5.97 Å². The second kappa shape index (κ2) is 12.6. The molecule has 0 heterocycles. The molecular weight excluding hydrogens is 228 g/mol. The fourth-order valence-electron chi connectivity index (χ4n) is 1.90. The van der Waals surface area contributed by atoms with Crippen LogP contribution in [0.4, 0.5) is 0 Å². The van der Waals surface area contributed by atoms with E-state index in [0.29, 0.717) is 6.42 Å². The Morgan fingerprint density at radius 3 is 2.28 bits per heavy atom. The van der Waals surface area contributed by atoms with Gasteiger partial charge in [0.15, 0.2) is 0 Å². The smallest absolute Gasteiger partial charge is 0.303 e. The summed E-state index contributed by atoms with van der Waals surface area (Å²) in [5.41, 5.74) is 0. The molecular formula is C15H28O3. The fourth-order valence-corrected chi connectivity index (χ4v) is 1.90. The van der Waals surface area contributed by atoms with Crippen LogP contribution in [-0.2, 0) is 4.79 Å². The van der Waals surface area contributed by atoms with Crippen molar-refractivity contribution in [2.45, 2.75) is 77.2 Å². The number of unbranched alkanes of at least 4 members (excludes halogenated alkanes) is 5. The summed E-state index contributed by atoms with van der Waals surface area (Å²) in [7, 11) is 0. The van der Waals surface area contributed by atoms with Crippen molar-refractivity contribution >= 4 is 5.97 Å². The lowest BCUT2D eigenvalue weighted by Crippen LogP contribution is -2.04. The van der Waals surface area contributed by atoms with Gasteiger partial charge in [0.05, 0.1) is 6.10 Å². The van der Waals surface area contributed by atoms with Crippen molar-refractivity contribution in [3.05, 3.63) is 12.2 Å². The molecule has 0 fully saturated rings. The van der Waals surface area contributed by atoms with Crippen molar-refractivity contribution in [3.8, 4) is 0 Å². The summed E-state index contributed by atoms with van der Waals surface area (Å²) >= 11 is 0. The summed E-state index contributed by atoms with van der Waals surface area (Å²) in [6, 6.07) is 0. The Morgan fingerprint density at radius 2 is 1.67 bits per heavy atom. The zero-order chi connectivity index (χ0) is 13.6. The van der Waals surface area contributed by atoms with Gasteiger partial charge in [-0.25, -0.2) is 0 Å². The van der Waals surface area contributed by atoms with E-state index in [2.05, 4.69) is 19.1 Å². The molecule has 0 aromatic carbocycles. The van der Waals surface area contributed by atoms with Crippen LogP contribution in [0, 0.1) is 0 Å². The summed E-state index contributed by atoms with van der Waals surface area (Å²) in [5, 5.41) is 18.1. The van der Waals surface area contributed by atoms with Gasteiger partial charge in [0.1, 0.15) is 0 Å². The topological polar surface area (TPSA) is 57.5 Å². The molecule has 1 unspecified atom stereocenters. The second-order valence-electron chi connectivity index (χ2n) is 4.82. The minimum Gasteiger partial charge on any atom is -0.481 e. The molecule has 0 rings (SSSR count). The van der Waals surface area contributed by atoms with Gasteiger partial charge in [-0.1, -0.05) is 51.2 Å². The van der Waals surface area contributed by atoms with Crippen LogP contribution in [0.15, 0.2) is 12.2 Å². The summed E-state index contributed by atoms with van der Waals surface area (Å²) in [6.45, 7) is 2.09. The summed E-state index contributed by atoms with van der Waals surface area (Å²) in [6.07, 6.45) is 13.2. The molecule has 0 radical (unpaired) electrons. The number of allylic oxidation sites excluding steroid dienone is 1. The van der Waals surface area contributed by atoms with Gasteiger partial charge in [0, 0.05) is 6.42 Å². The highest BCUT2D eigenvalue weighted by Gasteiger charge is 2.01. The van der Waals surface area contributed by atoms with E-state index in [1.165, 1.54) is 0 Å². The Labute approximate surface area is 111 Å². The van der Waals surface area contributed by atoms with Gasteiger partial charge in [0.25, 0.3) is 0 Å². The van der Waals surface area contributed by atoms with Gasteiger partial charge in [-0.15, -0.1) is 0 Å². The maximum Gasteiger partial charge on any atom is 0.303 e. The van der Waals surface area contributed by atoms with Crippen LogP contribution in [0.1, 0.15) is 71.1 Å². The van der Waals surface area contributed by atoms with E-state index in [1.54, 1.807) is 0 Å². The number of carboxylic acids is 1. The van der Waals surface area contributed by atoms with Gasteiger partial charge in [0.2, 0.25) is 0 Å². The highest BCUT2D eigenvalue weighted by Crippen LogP contribution is 2.11. The number of hydrogen-bond acceptors (Lipinski definition) is 2. The first-order valence-electron chi connectivity index (χ1n) is 7.21. The Balaban J connectivity index is 3.19. The Kier molecular flexibility index (Phi) is 12.0. The number of aliphatic hydroxyl groups is 1. The predicted octanol–water partition coefficient (Wildman–Crippen LogP) is 3.91. The Hall–Kier alpha value is -0.830. The van der Waals surface area contributed by atoms with Crippen LogP contribution in [0.2, 0.25) is 0 Å². The van der Waals surface area contributed by atoms with E-state index >= 15 is 0 Å². The van der Waals surface area contributed by atoms with Crippen molar-refractivity contribution < 1.29 is 15.0 Å². The lowest BCUT2D eigenvalue weighted by molar-refractivity contribution is -0.137. The minimum atomic E-state index is -0.696. The van der Waals surface area contributed by atoms with Crippen molar-refractivity contribution in [2.24, 2.45) is 0 Å². The zero-order valence-electron chi connectivity index (χ0n) is 11.6. The SMILES string of the molecule is CCC=CCC(O)CCCCCCCCC(=O)O. The number of rotatable bonds is 12. The molecule has 0 bridgehead atoms. The molecule has 1 atom stereocenters. The van der Waals surface area contributed by atoms with Crippen molar-refractivity contribution in [3.63, 3.8) is 0 Å². The Bertz CT molecular complexity index is 224. The van der Waals surface area contributed by atoms with Crippen LogP contribution in [0.25, 0.3) is 0 Å². The standard InChI is InChI=1S/C15H28O3/c1-2-3-8-11-14(16)12-9-6-4-5-7-10-13-15(17)18/h3,8,14,16H,2,4-7,9-13H2,1H3,(H,17,18). The van der Waals surface area contributed by atoms with Gasteiger partial charge in [-0.3, -0.25) is 4.79 Å². The third-order valence-corrected chi connectivity index (χ3v) is 2.99. The zero-order valence-corrected chi connectivity index (χ0v) is 11.6. The largest absolute Gasteiger partial charge is 0.481 e. The molecule has 0 amide bonds. The molecule has 2 N–H and O–H groups in total. The average Bonchev–Trinajstić information content (AvgIpc) is 2.32. The molecule has 0 aromatic rings. The van der Waals surface area contributed by atoms with E-state index in [1.807, 2.05) is 0 Å². The summed E-state index contributed by atoms with van der Waals surface area (Å²) < 4.78 is 0. The number of aliphatic hydroxyl groups excluding tert-OH is 1. The van der Waals surface area contributed by atoms with Crippen molar-refractivity contribution in [2.75, 3.05) is 0 Å². The summed E-state index contributed by atoms with van der Waals surface area (Å²) in [4.78, 5) is 10.3. The summed E-state index contributed by atoms with van der Waals surface area (Å²) in [5.74, 6) is -0.696. The van der Waals surface area contributed by atoms with E-state index in [9.17, 15) is 9.90 Å². The molecule has 106 valence electrons. The van der Waals surface area contributed by atoms with Crippen LogP contribution >= 0.6 is 0 Å². The average molecular weight is 256 g/mol. The first-order valence-corrected chi connectivity index (χ1v) is 7.21. The van der Waals surface area contributed by atoms with Crippen molar-refractivity contribution in [1.29, 1.82) is 0 Å². The minimum absolute atomic E-state index is 0.195. The fraction of sp³-hybridized carbons (Fsp3) is 0.800. The lowest BCUT2D eigenvalue weighted by atomic mass is 10.0. The molecule has 3 nitrogen and oxygen atoms in total. The first kappa shape index (κ1) is 17.2. The lowest BCUT2D eigenvalue weighted by Gasteiger charge is -2.07.